The third-order valence-corrected chi connectivity index (χ3v) is 3.86. The Morgan fingerprint density at radius 2 is 2.04 bits per heavy atom. The van der Waals surface area contributed by atoms with Crippen LogP contribution in [0, 0.1) is 0 Å². The highest BCUT2D eigenvalue weighted by molar-refractivity contribution is 5.83. The molecule has 1 aromatic heterocycles. The smallest absolute Gasteiger partial charge is 0.343 e. The van der Waals surface area contributed by atoms with E-state index in [9.17, 15) is 14.0 Å². The monoisotopic (exact) mass is 319 g/mol. The van der Waals surface area contributed by atoms with Crippen LogP contribution in [0.25, 0.3) is 5.69 Å². The molecule has 2 heterocycles. The molecule has 23 heavy (non-hydrogen) atoms. The van der Waals surface area contributed by atoms with Crippen LogP contribution >= 0.6 is 0 Å². The van der Waals surface area contributed by atoms with Gasteiger partial charge in [0.1, 0.15) is 6.33 Å². The number of aliphatic carboxylic acids is 1. The Morgan fingerprint density at radius 1 is 1.30 bits per heavy atom. The number of halogens is 1. The molecule has 0 radical (unpaired) electrons. The minimum atomic E-state index is -2.33. The summed E-state index contributed by atoms with van der Waals surface area (Å²) in [5, 5.41) is 19.7. The van der Waals surface area contributed by atoms with E-state index in [2.05, 4.69) is 15.5 Å². The average Bonchev–Trinajstić information content (AvgIpc) is 3.18. The second kappa shape index (κ2) is 5.75. The maximum atomic E-state index is 14.0. The number of carboxylic acids is 1. The minimum Gasteiger partial charge on any atom is -0.479 e. The van der Waals surface area contributed by atoms with E-state index >= 15 is 0 Å². The molecule has 1 N–H and O–H groups in total. The van der Waals surface area contributed by atoms with E-state index in [1.807, 2.05) is 0 Å². The molecule has 1 amide bonds. The summed E-state index contributed by atoms with van der Waals surface area (Å²) in [4.78, 5) is 24.3. The summed E-state index contributed by atoms with van der Waals surface area (Å²) in [5.41, 5.74) is -0.834. The van der Waals surface area contributed by atoms with Crippen LogP contribution in [0.4, 0.5) is 4.39 Å². The molecule has 1 saturated heterocycles. The van der Waals surface area contributed by atoms with Crippen LogP contribution in [-0.2, 0) is 16.0 Å². The molecule has 120 valence electrons. The maximum absolute atomic E-state index is 14.0. The van der Waals surface area contributed by atoms with Gasteiger partial charge in [-0.15, -0.1) is 5.10 Å². The van der Waals surface area contributed by atoms with Gasteiger partial charge < -0.3 is 10.0 Å². The van der Waals surface area contributed by atoms with Gasteiger partial charge in [-0.1, -0.05) is 12.1 Å². The highest BCUT2D eigenvalue weighted by Gasteiger charge is 2.46. The van der Waals surface area contributed by atoms with Crippen molar-refractivity contribution in [3.8, 4) is 5.69 Å². The Morgan fingerprint density at radius 3 is 2.61 bits per heavy atom. The Bertz CT molecular complexity index is 719. The van der Waals surface area contributed by atoms with Gasteiger partial charge in [-0.05, 0) is 28.1 Å². The molecule has 0 bridgehead atoms. The fourth-order valence-corrected chi connectivity index (χ4v) is 2.49. The van der Waals surface area contributed by atoms with Crippen molar-refractivity contribution in [2.45, 2.75) is 18.5 Å². The molecular weight excluding hydrogens is 305 g/mol. The van der Waals surface area contributed by atoms with Crippen molar-refractivity contribution in [3.05, 3.63) is 36.2 Å². The van der Waals surface area contributed by atoms with Crippen LogP contribution < -0.4 is 0 Å². The summed E-state index contributed by atoms with van der Waals surface area (Å²) in [7, 11) is 0. The third kappa shape index (κ3) is 3.03. The van der Waals surface area contributed by atoms with Crippen molar-refractivity contribution in [2.75, 3.05) is 13.1 Å². The molecule has 1 aliphatic rings. The first-order valence-electron chi connectivity index (χ1n) is 7.00. The van der Waals surface area contributed by atoms with E-state index in [0.717, 1.165) is 11.3 Å². The minimum absolute atomic E-state index is 0.0889. The molecular formula is C14H14FN5O3. The number of hydrogen-bond donors (Lipinski definition) is 1. The number of rotatable bonds is 4. The molecule has 0 aliphatic carbocycles. The van der Waals surface area contributed by atoms with Gasteiger partial charge in [0, 0.05) is 13.0 Å². The van der Waals surface area contributed by atoms with Crippen LogP contribution in [0.5, 0.6) is 0 Å². The maximum Gasteiger partial charge on any atom is 0.343 e. The number of benzene rings is 1. The SMILES string of the molecule is O=C(Cc1ccc(-n2cnnn2)cc1)N1CCC(F)(C(=O)O)C1. The number of carbonyl (C=O) groups excluding carboxylic acids is 1. The third-order valence-electron chi connectivity index (χ3n) is 3.86. The molecule has 9 heteroatoms. The van der Waals surface area contributed by atoms with Gasteiger partial charge in [0.05, 0.1) is 18.7 Å². The molecule has 1 aromatic carbocycles. The van der Waals surface area contributed by atoms with Crippen molar-refractivity contribution < 1.29 is 19.1 Å². The second-order valence-electron chi connectivity index (χ2n) is 5.43. The number of nitrogens with zero attached hydrogens (tertiary/aromatic N) is 5. The summed E-state index contributed by atoms with van der Waals surface area (Å²) in [6.07, 6.45) is 1.37. The zero-order valence-corrected chi connectivity index (χ0v) is 12.1. The van der Waals surface area contributed by atoms with Gasteiger partial charge in [0.15, 0.2) is 0 Å². The van der Waals surface area contributed by atoms with E-state index in [1.54, 1.807) is 24.3 Å². The van der Waals surface area contributed by atoms with E-state index in [1.165, 1.54) is 15.9 Å². The summed E-state index contributed by atoms with van der Waals surface area (Å²) < 4.78 is 15.5. The summed E-state index contributed by atoms with van der Waals surface area (Å²) >= 11 is 0. The van der Waals surface area contributed by atoms with Gasteiger partial charge in [-0.3, -0.25) is 4.79 Å². The molecule has 8 nitrogen and oxygen atoms in total. The lowest BCUT2D eigenvalue weighted by molar-refractivity contribution is -0.150. The number of carbonyl (C=O) groups is 2. The first kappa shape index (κ1) is 15.1. The number of aromatic nitrogens is 4. The fraction of sp³-hybridized carbons (Fsp3) is 0.357. The zero-order chi connectivity index (χ0) is 16.4. The zero-order valence-electron chi connectivity index (χ0n) is 12.1. The molecule has 1 aliphatic heterocycles. The Balaban J connectivity index is 1.64. The number of alkyl halides is 1. The van der Waals surface area contributed by atoms with Crippen LogP contribution in [0.1, 0.15) is 12.0 Å². The highest BCUT2D eigenvalue weighted by Crippen LogP contribution is 2.26. The van der Waals surface area contributed by atoms with Gasteiger partial charge in [0.2, 0.25) is 11.6 Å². The number of carboxylic acid groups (broad SMARTS) is 1. The molecule has 3 rings (SSSR count). The number of likely N-dealkylation sites (tertiary alicyclic amines) is 1. The van der Waals surface area contributed by atoms with E-state index < -0.39 is 18.2 Å². The Hall–Kier alpha value is -2.84. The topological polar surface area (TPSA) is 101 Å². The van der Waals surface area contributed by atoms with Crippen molar-refractivity contribution in [2.24, 2.45) is 0 Å². The van der Waals surface area contributed by atoms with Crippen LogP contribution in [0.2, 0.25) is 0 Å². The predicted molar refractivity (Wildman–Crippen MR) is 75.5 cm³/mol. The van der Waals surface area contributed by atoms with Crippen LogP contribution in [-0.4, -0.2) is 60.8 Å². The lowest BCUT2D eigenvalue weighted by Gasteiger charge is -2.17. The quantitative estimate of drug-likeness (QED) is 0.865. The van der Waals surface area contributed by atoms with Crippen molar-refractivity contribution in [3.63, 3.8) is 0 Å². The molecule has 0 spiro atoms. The Kier molecular flexibility index (Phi) is 3.77. The highest BCUT2D eigenvalue weighted by atomic mass is 19.1. The van der Waals surface area contributed by atoms with Gasteiger partial charge in [-0.25, -0.2) is 13.9 Å². The van der Waals surface area contributed by atoms with E-state index in [-0.39, 0.29) is 25.3 Å². The predicted octanol–water partition coefficient (Wildman–Crippen LogP) is 0.230. The first-order chi connectivity index (χ1) is 11.0. The molecule has 1 unspecified atom stereocenters. The van der Waals surface area contributed by atoms with E-state index in [4.69, 9.17) is 5.11 Å². The Labute approximate surface area is 130 Å². The second-order valence-corrected chi connectivity index (χ2v) is 5.43. The molecule has 2 aromatic rings. The average molecular weight is 319 g/mol. The number of tetrazole rings is 1. The van der Waals surface area contributed by atoms with Crippen LogP contribution in [0.15, 0.2) is 30.6 Å². The lowest BCUT2D eigenvalue weighted by atomic mass is 10.1. The number of hydrogen-bond acceptors (Lipinski definition) is 5. The van der Waals surface area contributed by atoms with E-state index in [0.29, 0.717) is 0 Å². The van der Waals surface area contributed by atoms with Gasteiger partial charge >= 0.3 is 5.97 Å². The normalized spacial score (nSPS) is 20.7. The largest absolute Gasteiger partial charge is 0.479 e. The van der Waals surface area contributed by atoms with Crippen LogP contribution in [0.3, 0.4) is 0 Å². The lowest BCUT2D eigenvalue weighted by Crippen LogP contribution is -2.39. The number of amides is 1. The summed E-state index contributed by atoms with van der Waals surface area (Å²) in [6, 6.07) is 7.04. The fourth-order valence-electron chi connectivity index (χ4n) is 2.49. The van der Waals surface area contributed by atoms with Crippen molar-refractivity contribution >= 4 is 11.9 Å². The standard InChI is InChI=1S/C14H14FN5O3/c15-14(13(22)23)5-6-19(8-14)12(21)7-10-1-3-11(4-2-10)20-9-16-17-18-20/h1-4,9H,5-8H2,(H,22,23). The van der Waals surface area contributed by atoms with Gasteiger partial charge in [0.25, 0.3) is 0 Å². The molecule has 0 saturated carbocycles. The molecule has 1 atom stereocenters. The first-order valence-corrected chi connectivity index (χ1v) is 7.00. The molecule has 1 fully saturated rings. The van der Waals surface area contributed by atoms with Gasteiger partial charge in [-0.2, -0.15) is 0 Å². The van der Waals surface area contributed by atoms with Crippen molar-refractivity contribution in [1.82, 2.24) is 25.1 Å². The summed E-state index contributed by atoms with van der Waals surface area (Å²) in [5.74, 6) is -1.81. The summed E-state index contributed by atoms with van der Waals surface area (Å²) in [6.45, 7) is -0.284. The van der Waals surface area contributed by atoms with Crippen molar-refractivity contribution in [1.29, 1.82) is 0 Å².